The molecule has 1 atom stereocenters. The maximum absolute atomic E-state index is 10.1. The average molecular weight is 288 g/mol. The van der Waals surface area contributed by atoms with Crippen LogP contribution >= 0.6 is 11.3 Å². The van der Waals surface area contributed by atoms with Crippen LogP contribution in [0.15, 0.2) is 35.7 Å². The molecule has 0 saturated carbocycles. The van der Waals surface area contributed by atoms with E-state index in [0.717, 1.165) is 16.2 Å². The highest BCUT2D eigenvalue weighted by atomic mass is 32.1. The molecule has 1 unspecified atom stereocenters. The van der Waals surface area contributed by atoms with Crippen LogP contribution in [0.4, 0.5) is 0 Å². The fourth-order valence-corrected chi connectivity index (χ4v) is 2.59. The Labute approximate surface area is 122 Å². The second-order valence-electron chi connectivity index (χ2n) is 4.33. The molecule has 1 aromatic heterocycles. The number of aliphatic hydroxyl groups is 1. The van der Waals surface area contributed by atoms with Gasteiger partial charge in [0, 0.05) is 23.3 Å². The molecule has 0 aliphatic carbocycles. The third-order valence-corrected chi connectivity index (χ3v) is 3.86. The van der Waals surface area contributed by atoms with Crippen molar-refractivity contribution in [1.29, 1.82) is 5.26 Å². The van der Waals surface area contributed by atoms with Crippen molar-refractivity contribution in [3.8, 4) is 11.8 Å². The number of hydrogen-bond donors (Lipinski definition) is 2. The van der Waals surface area contributed by atoms with Gasteiger partial charge in [0.1, 0.15) is 11.8 Å². The van der Waals surface area contributed by atoms with E-state index in [1.54, 1.807) is 18.4 Å². The Bertz CT molecular complexity index is 587. The van der Waals surface area contributed by atoms with Gasteiger partial charge in [-0.1, -0.05) is 12.1 Å². The molecule has 0 radical (unpaired) electrons. The van der Waals surface area contributed by atoms with Crippen LogP contribution in [0.3, 0.4) is 0 Å². The average Bonchev–Trinajstić information content (AvgIpc) is 2.95. The van der Waals surface area contributed by atoms with Crippen LogP contribution in [-0.2, 0) is 6.54 Å². The molecule has 0 saturated heterocycles. The maximum Gasteiger partial charge on any atom is 0.118 e. The zero-order chi connectivity index (χ0) is 14.4. The van der Waals surface area contributed by atoms with Crippen LogP contribution in [-0.4, -0.2) is 18.8 Å². The lowest BCUT2D eigenvalue weighted by Gasteiger charge is -2.12. The number of aliphatic hydroxyl groups excluding tert-OH is 1. The summed E-state index contributed by atoms with van der Waals surface area (Å²) in [5, 5.41) is 23.8. The van der Waals surface area contributed by atoms with Crippen molar-refractivity contribution in [2.75, 3.05) is 13.7 Å². The van der Waals surface area contributed by atoms with Gasteiger partial charge in [-0.05, 0) is 23.8 Å². The number of nitrogens with zero attached hydrogens (tertiary/aromatic N) is 1. The predicted octanol–water partition coefficient (Wildman–Crippen LogP) is 2.45. The van der Waals surface area contributed by atoms with E-state index in [1.165, 1.54) is 0 Å². The highest BCUT2D eigenvalue weighted by Gasteiger charge is 2.07. The quantitative estimate of drug-likeness (QED) is 0.857. The Kier molecular flexibility index (Phi) is 5.13. The number of nitriles is 1. The largest absolute Gasteiger partial charge is 0.497 e. The predicted molar refractivity (Wildman–Crippen MR) is 78.7 cm³/mol. The molecule has 0 bridgehead atoms. The molecule has 4 nitrogen and oxygen atoms in total. The Morgan fingerprint density at radius 1 is 1.40 bits per heavy atom. The van der Waals surface area contributed by atoms with Crippen LogP contribution in [0, 0.1) is 11.3 Å². The fraction of sp³-hybridized carbons (Fsp3) is 0.267. The lowest BCUT2D eigenvalue weighted by atomic mass is 10.1. The SMILES string of the molecule is COc1ccc(C(O)CNCc2cc(C#N)cs2)cc1. The monoisotopic (exact) mass is 288 g/mol. The number of benzene rings is 1. The summed E-state index contributed by atoms with van der Waals surface area (Å²) in [6, 6.07) is 11.3. The first-order valence-electron chi connectivity index (χ1n) is 6.23. The summed E-state index contributed by atoms with van der Waals surface area (Å²) < 4.78 is 5.08. The van der Waals surface area contributed by atoms with Crippen molar-refractivity contribution in [3.05, 3.63) is 51.7 Å². The lowest BCUT2D eigenvalue weighted by Crippen LogP contribution is -2.20. The molecule has 1 aromatic carbocycles. The molecule has 2 N–H and O–H groups in total. The summed E-state index contributed by atoms with van der Waals surface area (Å²) >= 11 is 1.54. The van der Waals surface area contributed by atoms with Crippen molar-refractivity contribution >= 4 is 11.3 Å². The number of hydrogen-bond acceptors (Lipinski definition) is 5. The van der Waals surface area contributed by atoms with Gasteiger partial charge in [0.15, 0.2) is 0 Å². The van der Waals surface area contributed by atoms with E-state index in [0.29, 0.717) is 18.7 Å². The van der Waals surface area contributed by atoms with E-state index in [2.05, 4.69) is 11.4 Å². The summed E-state index contributed by atoms with van der Waals surface area (Å²) in [7, 11) is 1.61. The number of ether oxygens (including phenoxy) is 1. The molecule has 0 aliphatic heterocycles. The molecule has 0 fully saturated rings. The van der Waals surface area contributed by atoms with Crippen LogP contribution < -0.4 is 10.1 Å². The van der Waals surface area contributed by atoms with Gasteiger partial charge >= 0.3 is 0 Å². The minimum absolute atomic E-state index is 0.464. The molecule has 1 heterocycles. The minimum Gasteiger partial charge on any atom is -0.497 e. The number of thiophene rings is 1. The van der Waals surface area contributed by atoms with Crippen molar-refractivity contribution in [1.82, 2.24) is 5.32 Å². The second kappa shape index (κ2) is 7.06. The van der Waals surface area contributed by atoms with E-state index in [9.17, 15) is 5.11 Å². The number of methoxy groups -OCH3 is 1. The Balaban J connectivity index is 1.82. The van der Waals surface area contributed by atoms with Crippen LogP contribution in [0.5, 0.6) is 5.75 Å². The summed E-state index contributed by atoms with van der Waals surface area (Å²) in [6.45, 7) is 1.12. The normalized spacial score (nSPS) is 11.8. The first-order valence-corrected chi connectivity index (χ1v) is 7.11. The molecule has 5 heteroatoms. The standard InChI is InChI=1S/C15H16N2O2S/c1-19-13-4-2-12(3-5-13)15(18)9-17-8-14-6-11(7-16)10-20-14/h2-6,10,15,17-18H,8-9H2,1H3. The summed E-state index contributed by atoms with van der Waals surface area (Å²) in [5.41, 5.74) is 1.53. The molecular weight excluding hydrogens is 272 g/mol. The van der Waals surface area contributed by atoms with Crippen molar-refractivity contribution < 1.29 is 9.84 Å². The van der Waals surface area contributed by atoms with Gasteiger partial charge in [-0.25, -0.2) is 0 Å². The van der Waals surface area contributed by atoms with Gasteiger partial charge in [-0.3, -0.25) is 0 Å². The van der Waals surface area contributed by atoms with E-state index >= 15 is 0 Å². The summed E-state index contributed by atoms with van der Waals surface area (Å²) in [5.74, 6) is 0.775. The van der Waals surface area contributed by atoms with Crippen molar-refractivity contribution in [2.24, 2.45) is 0 Å². The van der Waals surface area contributed by atoms with Gasteiger partial charge in [-0.15, -0.1) is 11.3 Å². The van der Waals surface area contributed by atoms with Crippen molar-refractivity contribution in [2.45, 2.75) is 12.6 Å². The highest BCUT2D eigenvalue weighted by Crippen LogP contribution is 2.17. The number of nitrogens with one attached hydrogen (secondary N) is 1. The molecule has 20 heavy (non-hydrogen) atoms. The first-order chi connectivity index (χ1) is 9.72. The van der Waals surface area contributed by atoms with Gasteiger partial charge in [0.05, 0.1) is 18.8 Å². The molecule has 2 aromatic rings. The zero-order valence-electron chi connectivity index (χ0n) is 11.2. The Hall–Kier alpha value is -1.87. The molecule has 2 rings (SSSR count). The second-order valence-corrected chi connectivity index (χ2v) is 5.33. The van der Waals surface area contributed by atoms with E-state index < -0.39 is 6.10 Å². The van der Waals surface area contributed by atoms with E-state index in [4.69, 9.17) is 10.00 Å². The van der Waals surface area contributed by atoms with Gasteiger partial charge in [-0.2, -0.15) is 5.26 Å². The van der Waals surface area contributed by atoms with Gasteiger partial charge < -0.3 is 15.2 Å². The first kappa shape index (κ1) is 14.5. The molecule has 0 amide bonds. The third kappa shape index (κ3) is 3.81. The van der Waals surface area contributed by atoms with Crippen LogP contribution in [0.1, 0.15) is 22.1 Å². The number of rotatable bonds is 6. The molecule has 104 valence electrons. The van der Waals surface area contributed by atoms with E-state index in [-0.39, 0.29) is 0 Å². The van der Waals surface area contributed by atoms with Gasteiger partial charge in [0.2, 0.25) is 0 Å². The molecular formula is C15H16N2O2S. The lowest BCUT2D eigenvalue weighted by molar-refractivity contribution is 0.174. The zero-order valence-corrected chi connectivity index (χ0v) is 12.0. The fourth-order valence-electron chi connectivity index (χ4n) is 1.81. The summed E-state index contributed by atoms with van der Waals surface area (Å²) in [6.07, 6.45) is -0.559. The Morgan fingerprint density at radius 3 is 2.75 bits per heavy atom. The van der Waals surface area contributed by atoms with Gasteiger partial charge in [0.25, 0.3) is 0 Å². The highest BCUT2D eigenvalue weighted by molar-refractivity contribution is 7.10. The Morgan fingerprint density at radius 2 is 2.15 bits per heavy atom. The minimum atomic E-state index is -0.559. The summed E-state index contributed by atoms with van der Waals surface area (Å²) in [4.78, 5) is 1.09. The van der Waals surface area contributed by atoms with Crippen molar-refractivity contribution in [3.63, 3.8) is 0 Å². The maximum atomic E-state index is 10.1. The van der Waals surface area contributed by atoms with Crippen LogP contribution in [0.25, 0.3) is 0 Å². The van der Waals surface area contributed by atoms with Crippen LogP contribution in [0.2, 0.25) is 0 Å². The molecule has 0 spiro atoms. The van der Waals surface area contributed by atoms with E-state index in [1.807, 2.05) is 35.7 Å². The third-order valence-electron chi connectivity index (χ3n) is 2.92. The molecule has 0 aliphatic rings. The smallest absolute Gasteiger partial charge is 0.118 e. The topological polar surface area (TPSA) is 65.3 Å².